The third kappa shape index (κ3) is 3.21. The molecule has 9 heteroatoms. The fourth-order valence-corrected chi connectivity index (χ4v) is 4.17. The Morgan fingerprint density at radius 2 is 2.20 bits per heavy atom. The first kappa shape index (κ1) is 15.0. The van der Waals surface area contributed by atoms with Gasteiger partial charge >= 0.3 is 5.97 Å². The summed E-state index contributed by atoms with van der Waals surface area (Å²) in [6, 6.07) is 0. The lowest BCUT2D eigenvalue weighted by Gasteiger charge is -2.20. The lowest BCUT2D eigenvalue weighted by Crippen LogP contribution is -2.27. The number of nitrogens with two attached hydrogens (primary N) is 1. The summed E-state index contributed by atoms with van der Waals surface area (Å²) in [6.45, 7) is 2.87. The molecule has 1 aliphatic heterocycles. The standard InChI is InChI=1S/C11H17N3O4S2/c1-2-18-11(15)8-9(12)13-19-10(8)14-4-3-6-20(16,17)7-5-14/h2-7H2,1H3,(H2,12,13). The zero-order chi connectivity index (χ0) is 14.8. The minimum Gasteiger partial charge on any atom is -0.462 e. The first-order chi connectivity index (χ1) is 9.44. The Kier molecular flexibility index (Phi) is 4.48. The zero-order valence-electron chi connectivity index (χ0n) is 11.2. The molecular weight excluding hydrogens is 302 g/mol. The summed E-state index contributed by atoms with van der Waals surface area (Å²) in [5.41, 5.74) is 5.97. The van der Waals surface area contributed by atoms with Gasteiger partial charge in [0.25, 0.3) is 0 Å². The minimum atomic E-state index is -3.00. The van der Waals surface area contributed by atoms with Crippen LogP contribution in [0.1, 0.15) is 23.7 Å². The predicted octanol–water partition coefficient (Wildman–Crippen LogP) is 0.527. The molecule has 2 N–H and O–H groups in total. The van der Waals surface area contributed by atoms with Crippen LogP contribution in [0.5, 0.6) is 0 Å². The third-order valence-electron chi connectivity index (χ3n) is 3.02. The monoisotopic (exact) mass is 319 g/mol. The molecule has 0 unspecified atom stereocenters. The van der Waals surface area contributed by atoms with Crippen LogP contribution in [0.4, 0.5) is 10.8 Å². The van der Waals surface area contributed by atoms with Crippen LogP contribution >= 0.6 is 11.5 Å². The molecule has 20 heavy (non-hydrogen) atoms. The Morgan fingerprint density at radius 3 is 2.90 bits per heavy atom. The smallest absolute Gasteiger partial charge is 0.345 e. The van der Waals surface area contributed by atoms with Crippen molar-refractivity contribution >= 4 is 38.2 Å². The fourth-order valence-electron chi connectivity index (χ4n) is 2.05. The average molecular weight is 319 g/mol. The van der Waals surface area contributed by atoms with Crippen LogP contribution in [0.2, 0.25) is 0 Å². The number of anilines is 2. The summed E-state index contributed by atoms with van der Waals surface area (Å²) in [4.78, 5) is 13.8. The van der Waals surface area contributed by atoms with Crippen molar-refractivity contribution in [1.82, 2.24) is 4.37 Å². The maximum Gasteiger partial charge on any atom is 0.345 e. The van der Waals surface area contributed by atoms with E-state index in [4.69, 9.17) is 10.5 Å². The van der Waals surface area contributed by atoms with Gasteiger partial charge in [0, 0.05) is 13.1 Å². The van der Waals surface area contributed by atoms with Gasteiger partial charge in [-0.3, -0.25) is 0 Å². The Morgan fingerprint density at radius 1 is 1.45 bits per heavy atom. The van der Waals surface area contributed by atoms with Crippen LogP contribution < -0.4 is 10.6 Å². The Bertz CT molecular complexity index is 597. The summed E-state index contributed by atoms with van der Waals surface area (Å²) in [7, 11) is -3.00. The Labute approximate surface area is 121 Å². The molecule has 1 fully saturated rings. The van der Waals surface area contributed by atoms with E-state index in [-0.39, 0.29) is 29.5 Å². The maximum absolute atomic E-state index is 11.9. The second-order valence-electron chi connectivity index (χ2n) is 4.46. The molecule has 2 heterocycles. The SMILES string of the molecule is CCOC(=O)c1c(N)nsc1N1CCCS(=O)(=O)CC1. The number of ether oxygens (including phenoxy) is 1. The second kappa shape index (κ2) is 5.96. The second-order valence-corrected chi connectivity index (χ2v) is 7.52. The molecule has 0 saturated carbocycles. The summed E-state index contributed by atoms with van der Waals surface area (Å²) >= 11 is 1.10. The van der Waals surface area contributed by atoms with E-state index in [1.807, 2.05) is 4.90 Å². The van der Waals surface area contributed by atoms with E-state index in [1.165, 1.54) is 0 Å². The van der Waals surface area contributed by atoms with Gasteiger partial charge in [0.05, 0.1) is 18.1 Å². The van der Waals surface area contributed by atoms with E-state index in [2.05, 4.69) is 4.37 Å². The van der Waals surface area contributed by atoms with Gasteiger partial charge in [-0.05, 0) is 24.9 Å². The van der Waals surface area contributed by atoms with Crippen molar-refractivity contribution in [2.24, 2.45) is 0 Å². The van der Waals surface area contributed by atoms with Crippen LogP contribution in [0.15, 0.2) is 0 Å². The summed E-state index contributed by atoms with van der Waals surface area (Å²) in [5.74, 6) is -0.129. The highest BCUT2D eigenvalue weighted by Gasteiger charge is 2.27. The molecule has 0 spiro atoms. The molecule has 0 amide bonds. The van der Waals surface area contributed by atoms with Gasteiger partial charge in [-0.15, -0.1) is 0 Å². The number of nitrogen functional groups attached to an aromatic ring is 1. The fraction of sp³-hybridized carbons (Fsp3) is 0.636. The molecule has 0 aromatic carbocycles. The quantitative estimate of drug-likeness (QED) is 0.810. The van der Waals surface area contributed by atoms with Crippen molar-refractivity contribution in [2.75, 3.05) is 41.8 Å². The van der Waals surface area contributed by atoms with Gasteiger partial charge < -0.3 is 15.4 Å². The van der Waals surface area contributed by atoms with E-state index in [0.717, 1.165) is 11.5 Å². The molecule has 0 aliphatic carbocycles. The van der Waals surface area contributed by atoms with Crippen molar-refractivity contribution in [3.05, 3.63) is 5.56 Å². The van der Waals surface area contributed by atoms with Gasteiger partial charge in [-0.1, -0.05) is 0 Å². The van der Waals surface area contributed by atoms with Crippen LogP contribution in [0.25, 0.3) is 0 Å². The molecular formula is C11H17N3O4S2. The highest BCUT2D eigenvalue weighted by atomic mass is 32.2. The topological polar surface area (TPSA) is 103 Å². The lowest BCUT2D eigenvalue weighted by molar-refractivity contribution is 0.0528. The van der Waals surface area contributed by atoms with Gasteiger partial charge in [0.15, 0.2) is 15.7 Å². The molecule has 2 rings (SSSR count). The molecule has 112 valence electrons. The summed E-state index contributed by atoms with van der Waals surface area (Å²) < 4.78 is 32.2. The normalized spacial score (nSPS) is 18.6. The van der Waals surface area contributed by atoms with Gasteiger partial charge in [-0.2, -0.15) is 4.37 Å². The number of aromatic nitrogens is 1. The molecule has 0 radical (unpaired) electrons. The highest BCUT2D eigenvalue weighted by Crippen LogP contribution is 2.32. The zero-order valence-corrected chi connectivity index (χ0v) is 12.8. The van der Waals surface area contributed by atoms with Gasteiger partial charge in [0.2, 0.25) is 0 Å². The van der Waals surface area contributed by atoms with E-state index < -0.39 is 15.8 Å². The molecule has 1 aromatic heterocycles. The van der Waals surface area contributed by atoms with Crippen molar-refractivity contribution in [3.63, 3.8) is 0 Å². The molecule has 7 nitrogen and oxygen atoms in total. The van der Waals surface area contributed by atoms with Crippen LogP contribution in [0, 0.1) is 0 Å². The van der Waals surface area contributed by atoms with Crippen molar-refractivity contribution in [2.45, 2.75) is 13.3 Å². The van der Waals surface area contributed by atoms with Crippen molar-refractivity contribution < 1.29 is 17.9 Å². The Hall–Kier alpha value is -1.35. The first-order valence-electron chi connectivity index (χ1n) is 6.32. The summed E-state index contributed by atoms with van der Waals surface area (Å²) in [5, 5.41) is 0.595. The average Bonchev–Trinajstić information content (AvgIpc) is 2.66. The Balaban J connectivity index is 2.27. The number of hydrogen-bond acceptors (Lipinski definition) is 8. The van der Waals surface area contributed by atoms with E-state index in [9.17, 15) is 13.2 Å². The number of nitrogens with zero attached hydrogens (tertiary/aromatic N) is 2. The predicted molar refractivity (Wildman–Crippen MR) is 78.0 cm³/mol. The molecule has 1 aliphatic rings. The largest absolute Gasteiger partial charge is 0.462 e. The summed E-state index contributed by atoms with van der Waals surface area (Å²) in [6.07, 6.45) is 0.530. The third-order valence-corrected chi connectivity index (χ3v) is 5.66. The number of hydrogen-bond donors (Lipinski definition) is 1. The van der Waals surface area contributed by atoms with Crippen molar-refractivity contribution in [1.29, 1.82) is 0 Å². The number of rotatable bonds is 3. The van der Waals surface area contributed by atoms with Crippen LogP contribution in [-0.2, 0) is 14.6 Å². The number of carbonyl (C=O) groups is 1. The molecule has 1 saturated heterocycles. The minimum absolute atomic E-state index is 0.0765. The first-order valence-corrected chi connectivity index (χ1v) is 8.91. The lowest BCUT2D eigenvalue weighted by atomic mass is 10.3. The van der Waals surface area contributed by atoms with Crippen LogP contribution in [0.3, 0.4) is 0 Å². The van der Waals surface area contributed by atoms with Gasteiger partial charge in [-0.25, -0.2) is 13.2 Å². The van der Waals surface area contributed by atoms with Gasteiger partial charge in [0.1, 0.15) is 10.6 Å². The van der Waals surface area contributed by atoms with Crippen molar-refractivity contribution in [3.8, 4) is 0 Å². The maximum atomic E-state index is 11.9. The highest BCUT2D eigenvalue weighted by molar-refractivity contribution is 7.91. The van der Waals surface area contributed by atoms with E-state index in [0.29, 0.717) is 24.5 Å². The molecule has 0 bridgehead atoms. The van der Waals surface area contributed by atoms with E-state index >= 15 is 0 Å². The number of sulfone groups is 1. The van der Waals surface area contributed by atoms with Crippen LogP contribution in [-0.4, -0.2) is 50.0 Å². The number of carbonyl (C=O) groups excluding carboxylic acids is 1. The van der Waals surface area contributed by atoms with E-state index in [1.54, 1.807) is 6.92 Å². The molecule has 0 atom stereocenters. The molecule has 1 aromatic rings. The number of esters is 1.